The number of carbonyl (C=O) groups is 2. The van der Waals surface area contributed by atoms with Gasteiger partial charge in [-0.15, -0.1) is 0 Å². The molecular weight excluding hydrogens is 256 g/mol. The zero-order valence-electron chi connectivity index (χ0n) is 11.3. The first-order valence-electron chi connectivity index (χ1n) is 6.91. The van der Waals surface area contributed by atoms with Crippen LogP contribution in [0.15, 0.2) is 30.3 Å². The predicted octanol–water partition coefficient (Wildman–Crippen LogP) is 2.39. The topological polar surface area (TPSA) is 52.6 Å². The Kier molecular flexibility index (Phi) is 3.47. The summed E-state index contributed by atoms with van der Waals surface area (Å²) in [5.41, 5.74) is 0.559. The van der Waals surface area contributed by atoms with Crippen molar-refractivity contribution in [1.29, 1.82) is 0 Å². The van der Waals surface area contributed by atoms with E-state index in [4.69, 9.17) is 9.47 Å². The molecule has 1 aromatic carbocycles. The Labute approximate surface area is 118 Å². The smallest absolute Gasteiger partial charge is 0.338 e. The average molecular weight is 273 g/mol. The molecule has 0 saturated heterocycles. The number of rotatable bonds is 3. The van der Waals surface area contributed by atoms with Crippen LogP contribution in [0.2, 0.25) is 0 Å². The van der Waals surface area contributed by atoms with Gasteiger partial charge in [0.2, 0.25) is 0 Å². The van der Waals surface area contributed by atoms with Crippen molar-refractivity contribution in [3.8, 4) is 0 Å². The molecule has 20 heavy (non-hydrogen) atoms. The van der Waals surface area contributed by atoms with E-state index in [1.165, 1.54) is 6.92 Å². The van der Waals surface area contributed by atoms with Crippen LogP contribution in [0.1, 0.15) is 30.1 Å². The summed E-state index contributed by atoms with van der Waals surface area (Å²) >= 11 is 0. The van der Waals surface area contributed by atoms with Gasteiger partial charge in [0.1, 0.15) is 12.2 Å². The molecule has 4 nitrogen and oxygen atoms in total. The van der Waals surface area contributed by atoms with Crippen molar-refractivity contribution in [1.82, 2.24) is 0 Å². The molecule has 0 amide bonds. The molecule has 0 aliphatic heterocycles. The van der Waals surface area contributed by atoms with Gasteiger partial charge in [0.05, 0.1) is 5.56 Å². The van der Waals surface area contributed by atoms with Crippen LogP contribution in [0.4, 0.5) is 0 Å². The Balaban J connectivity index is 1.64. The quantitative estimate of drug-likeness (QED) is 0.793. The normalized spacial score (nSPS) is 31.1. The monoisotopic (exact) mass is 273 g/mol. The molecule has 2 aliphatic carbocycles. The molecule has 1 aromatic rings. The third-order valence-electron chi connectivity index (χ3n) is 4.04. The Morgan fingerprint density at radius 2 is 1.85 bits per heavy atom. The first kappa shape index (κ1) is 13.2. The lowest BCUT2D eigenvalue weighted by molar-refractivity contribution is -0.148. The van der Waals surface area contributed by atoms with Crippen molar-refractivity contribution in [2.75, 3.05) is 0 Å². The van der Waals surface area contributed by atoms with Crippen molar-refractivity contribution in [2.24, 2.45) is 11.8 Å². The van der Waals surface area contributed by atoms with Gasteiger partial charge in [0, 0.05) is 19.3 Å². The number of fused-ring (bicyclic) bond motifs is 2. The molecule has 1 radical (unpaired) electrons. The summed E-state index contributed by atoms with van der Waals surface area (Å²) in [5.74, 6) is -0.0915. The van der Waals surface area contributed by atoms with Crippen molar-refractivity contribution in [3.05, 3.63) is 42.3 Å². The molecule has 4 atom stereocenters. The maximum atomic E-state index is 12.1. The van der Waals surface area contributed by atoms with Gasteiger partial charge in [0.15, 0.2) is 0 Å². The highest BCUT2D eigenvalue weighted by Gasteiger charge is 2.50. The maximum absolute atomic E-state index is 12.1. The molecule has 2 fully saturated rings. The van der Waals surface area contributed by atoms with Gasteiger partial charge in [-0.05, 0) is 30.9 Å². The van der Waals surface area contributed by atoms with E-state index in [1.807, 2.05) is 18.2 Å². The van der Waals surface area contributed by atoms with E-state index in [9.17, 15) is 9.59 Å². The van der Waals surface area contributed by atoms with Crippen molar-refractivity contribution in [2.45, 2.75) is 32.0 Å². The fourth-order valence-corrected chi connectivity index (χ4v) is 3.22. The third kappa shape index (κ3) is 2.55. The third-order valence-corrected chi connectivity index (χ3v) is 4.04. The highest BCUT2D eigenvalue weighted by atomic mass is 16.6. The lowest BCUT2D eigenvalue weighted by atomic mass is 9.94. The summed E-state index contributed by atoms with van der Waals surface area (Å²) in [5, 5.41) is 0. The van der Waals surface area contributed by atoms with Gasteiger partial charge < -0.3 is 9.47 Å². The van der Waals surface area contributed by atoms with E-state index in [-0.39, 0.29) is 30.1 Å². The van der Waals surface area contributed by atoms with E-state index in [1.54, 1.807) is 12.1 Å². The number of ether oxygens (including phenoxy) is 2. The molecule has 0 N–H and O–H groups in total. The van der Waals surface area contributed by atoms with E-state index in [0.717, 1.165) is 12.8 Å². The fourth-order valence-electron chi connectivity index (χ4n) is 3.22. The molecular formula is C16H17O4. The Morgan fingerprint density at radius 1 is 1.10 bits per heavy atom. The second-order valence-corrected chi connectivity index (χ2v) is 5.47. The second-order valence-electron chi connectivity index (χ2n) is 5.47. The van der Waals surface area contributed by atoms with Crippen LogP contribution < -0.4 is 0 Å². The molecule has 0 unspecified atom stereocenters. The number of hydrogen-bond acceptors (Lipinski definition) is 4. The summed E-state index contributed by atoms with van der Waals surface area (Å²) in [6.07, 6.45) is 3.48. The number of esters is 2. The SMILES string of the molecule is CC(=O)O[C@H]1[CH][C@H]2C[C@@H]1[C@H](OC(=O)c1ccccc1)C2. The highest BCUT2D eigenvalue weighted by molar-refractivity contribution is 5.89. The second kappa shape index (κ2) is 5.27. The molecule has 2 aliphatic rings. The van der Waals surface area contributed by atoms with Crippen LogP contribution in [0.3, 0.4) is 0 Å². The zero-order valence-corrected chi connectivity index (χ0v) is 11.3. The molecule has 2 bridgehead atoms. The van der Waals surface area contributed by atoms with E-state index >= 15 is 0 Å². The number of carbonyl (C=O) groups excluding carboxylic acids is 2. The summed E-state index contributed by atoms with van der Waals surface area (Å²) in [7, 11) is 0. The number of benzene rings is 1. The lowest BCUT2D eigenvalue weighted by Gasteiger charge is -2.28. The minimum absolute atomic E-state index is 0.108. The van der Waals surface area contributed by atoms with Crippen LogP contribution in [-0.4, -0.2) is 24.1 Å². The predicted molar refractivity (Wildman–Crippen MR) is 71.7 cm³/mol. The Morgan fingerprint density at radius 3 is 2.50 bits per heavy atom. The van der Waals surface area contributed by atoms with Gasteiger partial charge in [-0.1, -0.05) is 18.2 Å². The first-order chi connectivity index (χ1) is 9.63. The summed E-state index contributed by atoms with van der Waals surface area (Å²) < 4.78 is 10.9. The van der Waals surface area contributed by atoms with E-state index < -0.39 is 0 Å². The standard InChI is InChI=1S/C16H17O4/c1-10(17)19-14-8-11-7-13(14)15(9-11)20-16(18)12-5-3-2-4-6-12/h2-6,8,11,13-15H,7,9H2,1H3/t11-,13+,14+,15-/m1/s1. The van der Waals surface area contributed by atoms with Crippen LogP contribution in [0.5, 0.6) is 0 Å². The van der Waals surface area contributed by atoms with E-state index in [0.29, 0.717) is 11.5 Å². The van der Waals surface area contributed by atoms with E-state index in [2.05, 4.69) is 6.42 Å². The lowest BCUT2D eigenvalue weighted by Crippen LogP contribution is -2.35. The van der Waals surface area contributed by atoms with Crippen LogP contribution in [-0.2, 0) is 14.3 Å². The minimum atomic E-state index is -0.301. The first-order valence-corrected chi connectivity index (χ1v) is 6.91. The maximum Gasteiger partial charge on any atom is 0.338 e. The average Bonchev–Trinajstić information content (AvgIpc) is 2.98. The summed E-state index contributed by atoms with van der Waals surface area (Å²) in [6, 6.07) is 8.97. The Bertz CT molecular complexity index is 510. The Hall–Kier alpha value is -1.84. The molecule has 0 aromatic heterocycles. The molecule has 2 saturated carbocycles. The van der Waals surface area contributed by atoms with Crippen LogP contribution >= 0.6 is 0 Å². The van der Waals surface area contributed by atoms with Gasteiger partial charge in [-0.2, -0.15) is 0 Å². The molecule has 105 valence electrons. The molecule has 0 heterocycles. The van der Waals surface area contributed by atoms with Gasteiger partial charge in [0.25, 0.3) is 0 Å². The summed E-state index contributed by atoms with van der Waals surface area (Å²) in [4.78, 5) is 23.1. The molecule has 4 heteroatoms. The zero-order chi connectivity index (χ0) is 14.1. The van der Waals surface area contributed by atoms with Crippen molar-refractivity contribution in [3.63, 3.8) is 0 Å². The van der Waals surface area contributed by atoms with Gasteiger partial charge in [-0.25, -0.2) is 4.79 Å². The van der Waals surface area contributed by atoms with Crippen molar-refractivity contribution < 1.29 is 19.1 Å². The highest BCUT2D eigenvalue weighted by Crippen LogP contribution is 2.47. The minimum Gasteiger partial charge on any atom is -0.462 e. The molecule has 0 spiro atoms. The molecule has 3 rings (SSSR count). The van der Waals surface area contributed by atoms with Gasteiger partial charge >= 0.3 is 11.9 Å². The fraction of sp³-hybridized carbons (Fsp3) is 0.438. The van der Waals surface area contributed by atoms with Crippen LogP contribution in [0, 0.1) is 18.3 Å². The largest absolute Gasteiger partial charge is 0.462 e. The summed E-state index contributed by atoms with van der Waals surface area (Å²) in [6.45, 7) is 1.41. The van der Waals surface area contributed by atoms with Crippen LogP contribution in [0.25, 0.3) is 0 Å². The van der Waals surface area contributed by atoms with Crippen molar-refractivity contribution >= 4 is 11.9 Å². The number of hydrogen-bond donors (Lipinski definition) is 0. The van der Waals surface area contributed by atoms with Gasteiger partial charge in [-0.3, -0.25) is 4.79 Å².